The van der Waals surface area contributed by atoms with Gasteiger partial charge in [0.2, 0.25) is 0 Å². The summed E-state index contributed by atoms with van der Waals surface area (Å²) in [5.41, 5.74) is 0. The van der Waals surface area contributed by atoms with Gasteiger partial charge in [0.15, 0.2) is 0 Å². The van der Waals surface area contributed by atoms with Crippen LogP contribution in [0.1, 0.15) is 348 Å². The second-order valence-corrected chi connectivity index (χ2v) is 19.2. The van der Waals surface area contributed by atoms with Crippen molar-refractivity contribution in [3.05, 3.63) is 0 Å². The molecule has 5 heteroatoms. The van der Waals surface area contributed by atoms with E-state index in [9.17, 15) is 14.7 Å². The fourth-order valence-corrected chi connectivity index (χ4v) is 8.82. The predicted octanol–water partition coefficient (Wildman–Crippen LogP) is 16.1. The molecule has 0 atom stereocenters. The van der Waals surface area contributed by atoms with Crippen LogP contribution in [0.25, 0.3) is 0 Å². The van der Waals surface area contributed by atoms with Crippen LogP contribution < -0.4 is 34.7 Å². The van der Waals surface area contributed by atoms with E-state index in [-0.39, 0.29) is 36.0 Å². The summed E-state index contributed by atoms with van der Waals surface area (Å²) in [5, 5.41) is 18.9. The van der Waals surface area contributed by atoms with Gasteiger partial charge in [0.1, 0.15) is 0 Å². The first-order chi connectivity index (χ1) is 29.5. The average molecular weight is 871 g/mol. The molecular weight excluding hydrogens is 760 g/mol. The van der Waals surface area contributed by atoms with Gasteiger partial charge in [0.25, 0.3) is 0 Å². The molecule has 0 aromatic heterocycles. The van der Waals surface area contributed by atoms with E-state index in [0.717, 1.165) is 25.7 Å². The first-order valence-corrected chi connectivity index (χ1v) is 28.0. The van der Waals surface area contributed by atoms with E-state index in [2.05, 4.69) is 13.8 Å². The molecule has 0 amide bonds. The number of aliphatic carboxylic acids is 2. The number of carbonyl (C=O) groups excluding carboxylic acids is 1. The van der Waals surface area contributed by atoms with Crippen molar-refractivity contribution in [1.29, 1.82) is 0 Å². The number of hydrogen-bond acceptors (Lipinski definition) is 3. The zero-order chi connectivity index (χ0) is 43.9. The minimum absolute atomic E-state index is 0. The Hall–Kier alpha value is -0.0600. The Morgan fingerprint density at radius 2 is 0.393 bits per heavy atom. The molecule has 0 aromatic carbocycles. The smallest absolute Gasteiger partial charge is 0.550 e. The normalized spacial score (nSPS) is 11.0. The van der Waals surface area contributed by atoms with Gasteiger partial charge in [0, 0.05) is 12.4 Å². The SMILES string of the molecule is CCCCCCCCCCCCCCCCCCCCCCCCCCCC(=O)O.CCCCCCCCCCCCCCCCCCCCCCCCCCCC(=O)[O-].[Na+]. The quantitative estimate of drug-likeness (QED) is 0.0488. The molecule has 0 radical (unpaired) electrons. The van der Waals surface area contributed by atoms with Crippen LogP contribution in [0.3, 0.4) is 0 Å². The maximum atomic E-state index is 10.4. The Labute approximate surface area is 406 Å². The van der Waals surface area contributed by atoms with Crippen molar-refractivity contribution in [2.75, 3.05) is 0 Å². The molecule has 4 nitrogen and oxygen atoms in total. The number of carboxylic acids is 2. The van der Waals surface area contributed by atoms with Gasteiger partial charge in [0.05, 0.1) is 0 Å². The number of carbonyl (C=O) groups is 2. The summed E-state index contributed by atoms with van der Waals surface area (Å²) >= 11 is 0. The Morgan fingerprint density at radius 3 is 0.525 bits per heavy atom. The van der Waals surface area contributed by atoms with Gasteiger partial charge in [-0.15, -0.1) is 0 Å². The molecule has 0 aliphatic rings. The summed E-state index contributed by atoms with van der Waals surface area (Å²) in [6.07, 6.45) is 69.6. The van der Waals surface area contributed by atoms with Crippen molar-refractivity contribution in [1.82, 2.24) is 0 Å². The molecule has 0 aliphatic heterocycles. The van der Waals surface area contributed by atoms with E-state index in [0.29, 0.717) is 6.42 Å². The van der Waals surface area contributed by atoms with Gasteiger partial charge in [-0.05, 0) is 19.3 Å². The van der Waals surface area contributed by atoms with E-state index in [4.69, 9.17) is 5.11 Å². The third kappa shape index (κ3) is 69.2. The Kier molecular flexibility index (Phi) is 66.3. The molecule has 0 heterocycles. The maximum Gasteiger partial charge on any atom is 1.00 e. The second-order valence-electron chi connectivity index (χ2n) is 19.2. The Morgan fingerprint density at radius 1 is 0.262 bits per heavy atom. The van der Waals surface area contributed by atoms with Crippen LogP contribution in [-0.4, -0.2) is 17.0 Å². The molecule has 0 fully saturated rings. The van der Waals surface area contributed by atoms with Crippen LogP contribution in [0.2, 0.25) is 0 Å². The second kappa shape index (κ2) is 62.0. The van der Waals surface area contributed by atoms with Crippen LogP contribution in [0, 0.1) is 0 Å². The zero-order valence-corrected chi connectivity index (χ0v) is 44.4. The van der Waals surface area contributed by atoms with Gasteiger partial charge < -0.3 is 15.0 Å². The summed E-state index contributed by atoms with van der Waals surface area (Å²) in [5.74, 6) is -1.55. The van der Waals surface area contributed by atoms with E-state index in [1.807, 2.05) is 0 Å². The standard InChI is InChI=1S/2C28H56O2.Na/c2*1-2-3-4-5-6-7-8-9-10-11-12-13-14-15-16-17-18-19-20-21-22-23-24-25-26-27-28(29)30;/h2*2-27H2,1H3,(H,29,30);/q;;+1/p-1. The van der Waals surface area contributed by atoms with Crippen molar-refractivity contribution < 1.29 is 49.4 Å². The van der Waals surface area contributed by atoms with E-state index >= 15 is 0 Å². The van der Waals surface area contributed by atoms with Crippen molar-refractivity contribution in [2.45, 2.75) is 348 Å². The number of hydrogen-bond donors (Lipinski definition) is 1. The number of rotatable bonds is 52. The van der Waals surface area contributed by atoms with Crippen molar-refractivity contribution in [3.63, 3.8) is 0 Å². The molecule has 360 valence electrons. The summed E-state index contributed by atoms with van der Waals surface area (Å²) in [6.45, 7) is 4.59. The molecule has 0 bridgehead atoms. The summed E-state index contributed by atoms with van der Waals surface area (Å²) in [6, 6.07) is 0. The van der Waals surface area contributed by atoms with Crippen molar-refractivity contribution >= 4 is 11.9 Å². The van der Waals surface area contributed by atoms with E-state index in [1.165, 1.54) is 295 Å². The first-order valence-electron chi connectivity index (χ1n) is 28.0. The molecule has 0 aliphatic carbocycles. The van der Waals surface area contributed by atoms with Gasteiger partial charge >= 0.3 is 35.5 Å². The molecule has 0 rings (SSSR count). The van der Waals surface area contributed by atoms with Gasteiger partial charge in [-0.3, -0.25) is 4.79 Å². The largest absolute Gasteiger partial charge is 1.00 e. The van der Waals surface area contributed by atoms with Crippen LogP contribution in [0.15, 0.2) is 0 Å². The Bertz CT molecular complexity index is 725. The molecule has 1 N–H and O–H groups in total. The van der Waals surface area contributed by atoms with Crippen LogP contribution >= 0.6 is 0 Å². The topological polar surface area (TPSA) is 77.4 Å². The molecule has 61 heavy (non-hydrogen) atoms. The average Bonchev–Trinajstić information content (AvgIpc) is 3.23. The minimum atomic E-state index is -0.899. The Balaban J connectivity index is -0.00000109. The monoisotopic (exact) mass is 871 g/mol. The van der Waals surface area contributed by atoms with E-state index < -0.39 is 11.9 Å². The first kappa shape index (κ1) is 65.2. The van der Waals surface area contributed by atoms with Crippen molar-refractivity contribution in [3.8, 4) is 0 Å². The zero-order valence-electron chi connectivity index (χ0n) is 42.4. The van der Waals surface area contributed by atoms with Gasteiger partial charge in [-0.1, -0.05) is 322 Å². The summed E-state index contributed by atoms with van der Waals surface area (Å²) < 4.78 is 0. The summed E-state index contributed by atoms with van der Waals surface area (Å²) in [7, 11) is 0. The van der Waals surface area contributed by atoms with Crippen molar-refractivity contribution in [2.24, 2.45) is 0 Å². The summed E-state index contributed by atoms with van der Waals surface area (Å²) in [4.78, 5) is 20.7. The molecular formula is C56H111NaO4. The maximum absolute atomic E-state index is 10.4. The third-order valence-electron chi connectivity index (χ3n) is 13.0. The molecule has 0 saturated heterocycles. The fourth-order valence-electron chi connectivity index (χ4n) is 8.82. The fraction of sp³-hybridized carbons (Fsp3) is 0.964. The third-order valence-corrected chi connectivity index (χ3v) is 13.0. The number of carboxylic acid groups (broad SMARTS) is 2. The molecule has 0 saturated carbocycles. The van der Waals surface area contributed by atoms with Crippen LogP contribution in [0.4, 0.5) is 0 Å². The molecule has 0 spiro atoms. The minimum Gasteiger partial charge on any atom is -0.550 e. The molecule has 0 unspecified atom stereocenters. The van der Waals surface area contributed by atoms with Crippen LogP contribution in [0.5, 0.6) is 0 Å². The number of unbranched alkanes of at least 4 members (excludes halogenated alkanes) is 48. The molecule has 0 aromatic rings. The van der Waals surface area contributed by atoms with Gasteiger partial charge in [-0.2, -0.15) is 0 Å². The van der Waals surface area contributed by atoms with Gasteiger partial charge in [-0.25, -0.2) is 0 Å². The predicted molar refractivity (Wildman–Crippen MR) is 264 cm³/mol. The van der Waals surface area contributed by atoms with Crippen LogP contribution in [-0.2, 0) is 9.59 Å². The van der Waals surface area contributed by atoms with E-state index in [1.54, 1.807) is 0 Å².